The maximum atomic E-state index is 6.00. The Bertz CT molecular complexity index is 1030. The molecule has 2 aliphatic heterocycles. The largest absolute Gasteiger partial charge is 0.378 e. The Kier molecular flexibility index (Phi) is 5.00. The molecule has 0 radical (unpaired) electrons. The lowest BCUT2D eigenvalue weighted by Gasteiger charge is -2.41. The lowest BCUT2D eigenvalue weighted by molar-refractivity contribution is -0.0263. The third-order valence-corrected chi connectivity index (χ3v) is 5.89. The van der Waals surface area contributed by atoms with Crippen molar-refractivity contribution in [2.75, 3.05) is 42.6 Å². The number of hydrogen-bond acceptors (Lipinski definition) is 8. The fourth-order valence-electron chi connectivity index (χ4n) is 4.09. The minimum Gasteiger partial charge on any atom is -0.378 e. The van der Waals surface area contributed by atoms with E-state index in [4.69, 9.17) is 24.4 Å². The molecule has 2 fully saturated rings. The van der Waals surface area contributed by atoms with E-state index >= 15 is 0 Å². The number of anilines is 2. The molecule has 0 saturated carbocycles. The van der Waals surface area contributed by atoms with Gasteiger partial charge in [-0.3, -0.25) is 4.57 Å². The first-order valence-electron chi connectivity index (χ1n) is 10.5. The van der Waals surface area contributed by atoms with Crippen molar-refractivity contribution in [2.45, 2.75) is 39.0 Å². The molecule has 5 rings (SSSR count). The molecule has 3 atom stereocenters. The molecule has 3 unspecified atom stereocenters. The van der Waals surface area contributed by atoms with Crippen molar-refractivity contribution in [3.05, 3.63) is 30.6 Å². The highest BCUT2D eigenvalue weighted by molar-refractivity contribution is 5.76. The van der Waals surface area contributed by atoms with Gasteiger partial charge in [0, 0.05) is 19.6 Å². The number of nitrogens with zero attached hydrogens (tertiary/aromatic N) is 7. The molecule has 30 heavy (non-hydrogen) atoms. The number of ether oxygens (including phenoxy) is 2. The molecule has 1 aromatic carbocycles. The predicted molar refractivity (Wildman–Crippen MR) is 114 cm³/mol. The highest BCUT2D eigenvalue weighted by Crippen LogP contribution is 2.26. The summed E-state index contributed by atoms with van der Waals surface area (Å²) in [5.74, 6) is 1.93. The number of fused-ring (bicyclic) bond motifs is 1. The molecule has 3 aromatic rings. The average Bonchev–Trinajstić information content (AvgIpc) is 3.21. The highest BCUT2D eigenvalue weighted by Gasteiger charge is 2.32. The van der Waals surface area contributed by atoms with Crippen molar-refractivity contribution in [2.24, 2.45) is 0 Å². The van der Waals surface area contributed by atoms with E-state index in [1.54, 1.807) is 6.33 Å². The smallest absolute Gasteiger partial charge is 0.242 e. The molecule has 2 saturated heterocycles. The number of hydrogen-bond donors (Lipinski definition) is 0. The predicted octanol–water partition coefficient (Wildman–Crippen LogP) is 2.05. The zero-order chi connectivity index (χ0) is 20.7. The topological polar surface area (TPSA) is 81.4 Å². The van der Waals surface area contributed by atoms with E-state index in [2.05, 4.69) is 35.6 Å². The van der Waals surface area contributed by atoms with Crippen LogP contribution in [0.25, 0.3) is 17.0 Å². The first-order valence-corrected chi connectivity index (χ1v) is 10.5. The van der Waals surface area contributed by atoms with Crippen LogP contribution in [0.2, 0.25) is 0 Å². The van der Waals surface area contributed by atoms with Crippen LogP contribution in [0.4, 0.5) is 11.9 Å². The summed E-state index contributed by atoms with van der Waals surface area (Å²) in [5.41, 5.74) is 1.88. The molecule has 158 valence electrons. The average molecular weight is 409 g/mol. The summed E-state index contributed by atoms with van der Waals surface area (Å²) >= 11 is 0. The van der Waals surface area contributed by atoms with Gasteiger partial charge in [-0.25, -0.2) is 4.98 Å². The molecule has 0 bridgehead atoms. The minimum atomic E-state index is 0.0925. The first-order chi connectivity index (χ1) is 14.6. The molecule has 0 amide bonds. The third-order valence-electron chi connectivity index (χ3n) is 5.89. The van der Waals surface area contributed by atoms with Crippen LogP contribution in [-0.2, 0) is 9.47 Å². The van der Waals surface area contributed by atoms with Gasteiger partial charge < -0.3 is 19.3 Å². The maximum Gasteiger partial charge on any atom is 0.242 e. The van der Waals surface area contributed by atoms with Crippen molar-refractivity contribution < 1.29 is 9.47 Å². The molecule has 2 aliphatic rings. The Morgan fingerprint density at radius 3 is 2.50 bits per heavy atom. The van der Waals surface area contributed by atoms with E-state index in [1.807, 2.05) is 28.8 Å². The molecular formula is C21H27N7O2. The number of aromatic nitrogens is 5. The number of rotatable bonds is 3. The number of para-hydroxylation sites is 2. The standard InChI is InChI=1S/C21H27N7O2/c1-14-12-27(15(2)16(3)30-14)20-23-19(26-8-10-29-11-9-26)24-21(25-20)28-13-22-17-6-4-5-7-18(17)28/h4-7,13-16H,8-12H2,1-3H3. The van der Waals surface area contributed by atoms with Crippen LogP contribution in [0, 0.1) is 0 Å². The van der Waals surface area contributed by atoms with E-state index in [0.717, 1.165) is 30.7 Å². The Morgan fingerprint density at radius 2 is 1.67 bits per heavy atom. The Morgan fingerprint density at radius 1 is 0.933 bits per heavy atom. The third kappa shape index (κ3) is 3.48. The van der Waals surface area contributed by atoms with E-state index < -0.39 is 0 Å². The van der Waals surface area contributed by atoms with Crippen LogP contribution in [0.3, 0.4) is 0 Å². The van der Waals surface area contributed by atoms with Gasteiger partial charge in [-0.05, 0) is 32.9 Å². The number of imidazole rings is 1. The quantitative estimate of drug-likeness (QED) is 0.650. The summed E-state index contributed by atoms with van der Waals surface area (Å²) in [5, 5.41) is 0. The summed E-state index contributed by atoms with van der Waals surface area (Å²) in [4.78, 5) is 23.5. The summed E-state index contributed by atoms with van der Waals surface area (Å²) in [6.07, 6.45) is 1.98. The van der Waals surface area contributed by atoms with Crippen molar-refractivity contribution in [1.82, 2.24) is 24.5 Å². The summed E-state index contributed by atoms with van der Waals surface area (Å²) in [6, 6.07) is 8.16. The fraction of sp³-hybridized carbons (Fsp3) is 0.524. The van der Waals surface area contributed by atoms with E-state index in [0.29, 0.717) is 31.1 Å². The van der Waals surface area contributed by atoms with Gasteiger partial charge in [0.15, 0.2) is 0 Å². The van der Waals surface area contributed by atoms with Gasteiger partial charge >= 0.3 is 0 Å². The van der Waals surface area contributed by atoms with Gasteiger partial charge in [0.25, 0.3) is 0 Å². The first kappa shape index (κ1) is 19.2. The minimum absolute atomic E-state index is 0.0925. The maximum absolute atomic E-state index is 6.00. The van der Waals surface area contributed by atoms with Crippen molar-refractivity contribution >= 4 is 22.9 Å². The van der Waals surface area contributed by atoms with Gasteiger partial charge in [-0.15, -0.1) is 0 Å². The lowest BCUT2D eigenvalue weighted by atomic mass is 10.1. The number of benzene rings is 1. The zero-order valence-electron chi connectivity index (χ0n) is 17.6. The van der Waals surface area contributed by atoms with Gasteiger partial charge in [-0.1, -0.05) is 12.1 Å². The lowest BCUT2D eigenvalue weighted by Crippen LogP contribution is -2.52. The molecule has 9 heteroatoms. The SMILES string of the molecule is CC1CN(c2nc(N3CCOCC3)nc(-n3cnc4ccccc43)n2)C(C)C(C)O1. The Hall–Kier alpha value is -2.78. The highest BCUT2D eigenvalue weighted by atomic mass is 16.5. The molecular weight excluding hydrogens is 382 g/mol. The molecule has 0 N–H and O–H groups in total. The van der Waals surface area contributed by atoms with Crippen LogP contribution < -0.4 is 9.80 Å². The summed E-state index contributed by atoms with van der Waals surface area (Å²) < 4.78 is 13.5. The van der Waals surface area contributed by atoms with Crippen LogP contribution >= 0.6 is 0 Å². The van der Waals surface area contributed by atoms with Gasteiger partial charge in [0.1, 0.15) is 6.33 Å². The Balaban J connectivity index is 1.62. The second kappa shape index (κ2) is 7.81. The van der Waals surface area contributed by atoms with E-state index in [1.165, 1.54) is 0 Å². The van der Waals surface area contributed by atoms with Gasteiger partial charge in [0.05, 0.1) is 42.5 Å². The van der Waals surface area contributed by atoms with Crippen LogP contribution in [-0.4, -0.2) is 75.6 Å². The molecule has 2 aromatic heterocycles. The molecule has 0 spiro atoms. The van der Waals surface area contributed by atoms with E-state index in [-0.39, 0.29) is 18.2 Å². The fourth-order valence-corrected chi connectivity index (χ4v) is 4.09. The number of morpholine rings is 2. The van der Waals surface area contributed by atoms with Gasteiger partial charge in [0.2, 0.25) is 17.8 Å². The molecule has 4 heterocycles. The molecule has 9 nitrogen and oxygen atoms in total. The molecule has 0 aliphatic carbocycles. The monoisotopic (exact) mass is 409 g/mol. The van der Waals surface area contributed by atoms with Crippen molar-refractivity contribution in [3.8, 4) is 5.95 Å². The summed E-state index contributed by atoms with van der Waals surface area (Å²) in [7, 11) is 0. The van der Waals surface area contributed by atoms with E-state index in [9.17, 15) is 0 Å². The summed E-state index contributed by atoms with van der Waals surface area (Å²) in [6.45, 7) is 9.95. The van der Waals surface area contributed by atoms with Crippen LogP contribution in [0.1, 0.15) is 20.8 Å². The van der Waals surface area contributed by atoms with Crippen molar-refractivity contribution in [3.63, 3.8) is 0 Å². The van der Waals surface area contributed by atoms with Crippen molar-refractivity contribution in [1.29, 1.82) is 0 Å². The zero-order valence-corrected chi connectivity index (χ0v) is 17.6. The second-order valence-electron chi connectivity index (χ2n) is 7.98. The van der Waals surface area contributed by atoms with Gasteiger partial charge in [-0.2, -0.15) is 15.0 Å². The second-order valence-corrected chi connectivity index (χ2v) is 7.98. The Labute approximate surface area is 175 Å². The normalized spacial score (nSPS) is 25.1. The van der Waals surface area contributed by atoms with Crippen LogP contribution in [0.5, 0.6) is 0 Å². The van der Waals surface area contributed by atoms with Crippen LogP contribution in [0.15, 0.2) is 30.6 Å².